The molecular weight excluding hydrogens is 518 g/mol. The van der Waals surface area contributed by atoms with Crippen molar-refractivity contribution in [2.75, 3.05) is 41.4 Å². The molecule has 202 valence electrons. The molecule has 0 aromatic carbocycles. The minimum absolute atomic E-state index is 0.172. The van der Waals surface area contributed by atoms with Crippen molar-refractivity contribution >= 4 is 44.2 Å². The number of aryl methyl sites for hydroxylation is 1. The molecule has 0 aliphatic carbocycles. The number of anilines is 3. The number of nitrogens with zero attached hydrogens (tertiary/aromatic N) is 6. The van der Waals surface area contributed by atoms with Crippen LogP contribution in [0.25, 0.3) is 21.8 Å². The van der Waals surface area contributed by atoms with Gasteiger partial charge in [0.1, 0.15) is 6.26 Å². The van der Waals surface area contributed by atoms with Gasteiger partial charge in [-0.15, -0.1) is 0 Å². The van der Waals surface area contributed by atoms with Gasteiger partial charge in [0, 0.05) is 42.6 Å². The van der Waals surface area contributed by atoms with Crippen molar-refractivity contribution in [1.82, 2.24) is 19.9 Å². The average molecular weight is 548 g/mol. The van der Waals surface area contributed by atoms with Crippen molar-refractivity contribution in [2.45, 2.75) is 50.8 Å². The monoisotopic (exact) mass is 547 g/mol. The normalized spacial score (nSPS) is 23.0. The molecule has 3 saturated heterocycles. The summed E-state index contributed by atoms with van der Waals surface area (Å²) in [6, 6.07) is 5.97. The first kappa shape index (κ1) is 24.4. The maximum atomic E-state index is 13.4. The maximum absolute atomic E-state index is 13.4. The largest absolute Gasteiger partial charge is 0.444 e. The lowest BCUT2D eigenvalue weighted by Gasteiger charge is -2.38. The van der Waals surface area contributed by atoms with Crippen LogP contribution in [-0.2, 0) is 4.74 Å². The average Bonchev–Trinajstić information content (AvgIpc) is 3.65. The fourth-order valence-corrected chi connectivity index (χ4v) is 6.89. The van der Waals surface area contributed by atoms with Crippen molar-refractivity contribution in [2.24, 2.45) is 0 Å². The Morgan fingerprint density at radius 1 is 1.13 bits per heavy atom. The standard InChI is InChI=1S/C27H29N7O4S/c1-15-10-16(4-5-28-15)26-30-21(14-38-26)25(36)29-20-13-22-23(32-27(39-22)33-6-8-37-9-7-33)31-24(20)34-17-2-3-18(34)12-19(35)11-17/h4-5,10,13-14,17-19,35H,2-3,6-9,11-12H2,1H3,(H,29,36). The first-order chi connectivity index (χ1) is 19.0. The third-order valence-corrected chi connectivity index (χ3v) is 8.77. The summed E-state index contributed by atoms with van der Waals surface area (Å²) in [5.41, 5.74) is 3.05. The van der Waals surface area contributed by atoms with E-state index in [0.29, 0.717) is 49.1 Å². The lowest BCUT2D eigenvalue weighted by Crippen LogP contribution is -2.45. The van der Waals surface area contributed by atoms with Crippen LogP contribution >= 0.6 is 11.3 Å². The molecule has 4 aromatic rings. The molecule has 7 heterocycles. The fraction of sp³-hybridized carbons (Fsp3) is 0.444. The number of fused-ring (bicyclic) bond motifs is 3. The fourth-order valence-electron chi connectivity index (χ4n) is 5.89. The first-order valence-corrected chi connectivity index (χ1v) is 14.1. The van der Waals surface area contributed by atoms with Crippen molar-refractivity contribution in [3.05, 3.63) is 42.0 Å². The molecule has 0 saturated carbocycles. The molecule has 2 atom stereocenters. The van der Waals surface area contributed by atoms with Gasteiger partial charge in [0.2, 0.25) is 5.89 Å². The van der Waals surface area contributed by atoms with E-state index in [1.807, 2.05) is 19.1 Å². The number of thiazole rings is 1. The van der Waals surface area contributed by atoms with E-state index in [1.165, 1.54) is 6.26 Å². The van der Waals surface area contributed by atoms with Gasteiger partial charge in [0.25, 0.3) is 5.91 Å². The van der Waals surface area contributed by atoms with Gasteiger partial charge in [-0.1, -0.05) is 11.3 Å². The Hall–Kier alpha value is -3.61. The number of morpholine rings is 1. The number of carbonyl (C=O) groups excluding carboxylic acids is 1. The quantitative estimate of drug-likeness (QED) is 0.382. The second kappa shape index (κ2) is 9.85. The van der Waals surface area contributed by atoms with Gasteiger partial charge in [0.15, 0.2) is 22.3 Å². The summed E-state index contributed by atoms with van der Waals surface area (Å²) in [6.07, 6.45) is 6.11. The predicted octanol–water partition coefficient (Wildman–Crippen LogP) is 3.63. The van der Waals surface area contributed by atoms with Crippen LogP contribution in [0.2, 0.25) is 0 Å². The Labute approximate surface area is 228 Å². The maximum Gasteiger partial charge on any atom is 0.277 e. The van der Waals surface area contributed by atoms with E-state index in [-0.39, 0.29) is 29.8 Å². The number of hydrogen-bond donors (Lipinski definition) is 2. The van der Waals surface area contributed by atoms with E-state index >= 15 is 0 Å². The molecule has 3 fully saturated rings. The van der Waals surface area contributed by atoms with Crippen LogP contribution in [0, 0.1) is 6.92 Å². The van der Waals surface area contributed by atoms with Gasteiger partial charge >= 0.3 is 0 Å². The van der Waals surface area contributed by atoms with Crippen LogP contribution in [0.1, 0.15) is 41.9 Å². The highest BCUT2D eigenvalue weighted by atomic mass is 32.1. The molecule has 3 aliphatic heterocycles. The Bertz CT molecular complexity index is 1520. The van der Waals surface area contributed by atoms with Crippen LogP contribution in [0.4, 0.5) is 16.6 Å². The number of aliphatic hydroxyl groups excluding tert-OH is 1. The highest BCUT2D eigenvalue weighted by molar-refractivity contribution is 7.22. The predicted molar refractivity (Wildman–Crippen MR) is 147 cm³/mol. The van der Waals surface area contributed by atoms with Gasteiger partial charge in [-0.05, 0) is 50.8 Å². The van der Waals surface area contributed by atoms with Crippen molar-refractivity contribution in [3.8, 4) is 11.5 Å². The lowest BCUT2D eigenvalue weighted by molar-refractivity contribution is 0.102. The lowest BCUT2D eigenvalue weighted by atomic mass is 9.99. The molecular formula is C27H29N7O4S. The highest BCUT2D eigenvalue weighted by Gasteiger charge is 2.42. The third-order valence-electron chi connectivity index (χ3n) is 7.71. The molecule has 2 N–H and O–H groups in total. The molecule has 2 bridgehead atoms. The van der Waals surface area contributed by atoms with Crippen LogP contribution < -0.4 is 15.1 Å². The second-order valence-corrected chi connectivity index (χ2v) is 11.4. The SMILES string of the molecule is Cc1cc(-c2nc(C(=O)Nc3cc4sc(N5CCOCC5)nc4nc3N3C4CCC3CC(O)C4)co2)ccn1. The molecule has 0 radical (unpaired) electrons. The number of carbonyl (C=O) groups is 1. The Morgan fingerprint density at radius 3 is 2.69 bits per heavy atom. The number of aromatic nitrogens is 4. The molecule has 3 aliphatic rings. The van der Waals surface area contributed by atoms with E-state index in [2.05, 4.69) is 25.1 Å². The molecule has 2 unspecified atom stereocenters. The first-order valence-electron chi connectivity index (χ1n) is 13.3. The Balaban J connectivity index is 1.24. The smallest absolute Gasteiger partial charge is 0.277 e. The number of piperidine rings is 1. The summed E-state index contributed by atoms with van der Waals surface area (Å²) >= 11 is 1.56. The second-order valence-electron chi connectivity index (χ2n) is 10.4. The summed E-state index contributed by atoms with van der Waals surface area (Å²) in [7, 11) is 0. The van der Waals surface area contributed by atoms with Crippen LogP contribution in [-0.4, -0.2) is 75.4 Å². The van der Waals surface area contributed by atoms with Crippen LogP contribution in [0.5, 0.6) is 0 Å². The van der Waals surface area contributed by atoms with Gasteiger partial charge in [0.05, 0.1) is 29.7 Å². The Morgan fingerprint density at radius 2 is 1.92 bits per heavy atom. The van der Waals surface area contributed by atoms with Crippen molar-refractivity contribution in [3.63, 3.8) is 0 Å². The van der Waals surface area contributed by atoms with E-state index in [1.54, 1.807) is 23.6 Å². The molecule has 11 nitrogen and oxygen atoms in total. The van der Waals surface area contributed by atoms with E-state index in [9.17, 15) is 9.90 Å². The van der Waals surface area contributed by atoms with Gasteiger partial charge in [-0.25, -0.2) is 9.97 Å². The van der Waals surface area contributed by atoms with E-state index < -0.39 is 0 Å². The molecule has 0 spiro atoms. The molecule has 7 rings (SSSR count). The topological polar surface area (TPSA) is 130 Å². The summed E-state index contributed by atoms with van der Waals surface area (Å²) in [5.74, 6) is 0.683. The number of nitrogens with one attached hydrogen (secondary N) is 1. The number of rotatable bonds is 5. The zero-order chi connectivity index (χ0) is 26.5. The van der Waals surface area contributed by atoms with Gasteiger partial charge < -0.3 is 29.4 Å². The minimum atomic E-state index is -0.375. The van der Waals surface area contributed by atoms with Crippen LogP contribution in [0.3, 0.4) is 0 Å². The summed E-state index contributed by atoms with van der Waals surface area (Å²) in [6.45, 7) is 4.81. The van der Waals surface area contributed by atoms with Gasteiger partial charge in [-0.2, -0.15) is 4.98 Å². The number of oxazole rings is 1. The number of aliphatic hydroxyl groups is 1. The number of ether oxygens (including phenoxy) is 1. The third kappa shape index (κ3) is 4.62. The van der Waals surface area contributed by atoms with Crippen molar-refractivity contribution < 1.29 is 19.1 Å². The number of pyridine rings is 2. The minimum Gasteiger partial charge on any atom is -0.444 e. The summed E-state index contributed by atoms with van der Waals surface area (Å²) in [4.78, 5) is 36.4. The number of amides is 1. The molecule has 39 heavy (non-hydrogen) atoms. The van der Waals surface area contributed by atoms with Gasteiger partial charge in [-0.3, -0.25) is 9.78 Å². The van der Waals surface area contributed by atoms with Crippen molar-refractivity contribution in [1.29, 1.82) is 0 Å². The highest BCUT2D eigenvalue weighted by Crippen LogP contribution is 2.43. The Kier molecular flexibility index (Phi) is 6.17. The van der Waals surface area contributed by atoms with E-state index in [4.69, 9.17) is 19.1 Å². The zero-order valence-electron chi connectivity index (χ0n) is 21.5. The molecule has 4 aromatic heterocycles. The van der Waals surface area contributed by atoms with Crippen LogP contribution in [0.15, 0.2) is 35.1 Å². The summed E-state index contributed by atoms with van der Waals surface area (Å²) in [5, 5.41) is 14.4. The molecule has 12 heteroatoms. The zero-order valence-corrected chi connectivity index (χ0v) is 22.4. The summed E-state index contributed by atoms with van der Waals surface area (Å²) < 4.78 is 12.0. The molecule has 1 amide bonds. The number of hydrogen-bond acceptors (Lipinski definition) is 11. The van der Waals surface area contributed by atoms with E-state index in [0.717, 1.165) is 47.0 Å².